The molecular formula is C12H21N2O2+. The van der Waals surface area contributed by atoms with Crippen molar-refractivity contribution in [2.75, 3.05) is 0 Å². The Balaban J connectivity index is 2.25. The molecular weight excluding hydrogens is 204 g/mol. The van der Waals surface area contributed by atoms with E-state index < -0.39 is 5.97 Å². The summed E-state index contributed by atoms with van der Waals surface area (Å²) in [5, 5.41) is 8.56. The molecule has 1 rings (SSSR count). The molecule has 0 aliphatic rings. The number of hydrogen-bond acceptors (Lipinski definition) is 1. The van der Waals surface area contributed by atoms with Gasteiger partial charge in [-0.1, -0.05) is 19.8 Å². The van der Waals surface area contributed by atoms with Crippen LogP contribution in [0.3, 0.4) is 0 Å². The van der Waals surface area contributed by atoms with Gasteiger partial charge in [0.1, 0.15) is 18.9 Å². The predicted molar refractivity (Wildman–Crippen MR) is 61.0 cm³/mol. The molecule has 4 nitrogen and oxygen atoms in total. The van der Waals surface area contributed by atoms with Crippen LogP contribution in [0, 0.1) is 0 Å². The van der Waals surface area contributed by atoms with Gasteiger partial charge in [0.25, 0.3) is 0 Å². The van der Waals surface area contributed by atoms with Crippen LogP contribution in [0.2, 0.25) is 0 Å². The van der Waals surface area contributed by atoms with E-state index in [4.69, 9.17) is 5.11 Å². The first-order valence-corrected chi connectivity index (χ1v) is 5.99. The first-order chi connectivity index (χ1) is 7.72. The van der Waals surface area contributed by atoms with Crippen LogP contribution in [0.5, 0.6) is 0 Å². The minimum atomic E-state index is -0.747. The largest absolute Gasteiger partial charge is 0.481 e. The third kappa shape index (κ3) is 4.96. The highest BCUT2D eigenvalue weighted by molar-refractivity contribution is 5.66. The number of imidazole rings is 1. The number of nitrogens with zero attached hydrogens (tertiary/aromatic N) is 2. The van der Waals surface area contributed by atoms with Gasteiger partial charge in [-0.3, -0.25) is 4.79 Å². The van der Waals surface area contributed by atoms with Gasteiger partial charge in [-0.2, -0.15) is 0 Å². The second kappa shape index (κ2) is 7.04. The highest BCUT2D eigenvalue weighted by Crippen LogP contribution is 1.98. The summed E-state index contributed by atoms with van der Waals surface area (Å²) in [5.41, 5.74) is 0. The van der Waals surface area contributed by atoms with Gasteiger partial charge in [0.2, 0.25) is 6.33 Å². The second-order valence-corrected chi connectivity index (χ2v) is 4.09. The molecule has 0 aliphatic carbocycles. The Morgan fingerprint density at radius 3 is 2.88 bits per heavy atom. The van der Waals surface area contributed by atoms with Gasteiger partial charge in [0, 0.05) is 0 Å². The maximum absolute atomic E-state index is 10.4. The highest BCUT2D eigenvalue weighted by Gasteiger charge is 2.05. The zero-order chi connectivity index (χ0) is 11.8. The zero-order valence-electron chi connectivity index (χ0n) is 9.93. The van der Waals surface area contributed by atoms with Crippen LogP contribution in [-0.4, -0.2) is 15.6 Å². The maximum Gasteiger partial charge on any atom is 0.307 e. The number of unbranched alkanes of at least 4 members (excludes halogenated alkanes) is 3. The number of carboxylic acid groups (broad SMARTS) is 1. The van der Waals surface area contributed by atoms with Gasteiger partial charge in [0.15, 0.2) is 0 Å². The van der Waals surface area contributed by atoms with E-state index in [1.54, 1.807) is 0 Å². The topological polar surface area (TPSA) is 46.1 Å². The van der Waals surface area contributed by atoms with Gasteiger partial charge >= 0.3 is 5.97 Å². The minimum absolute atomic E-state index is 0.185. The number of aromatic nitrogens is 2. The summed E-state index contributed by atoms with van der Waals surface area (Å²) in [6, 6.07) is 0. The fourth-order valence-electron chi connectivity index (χ4n) is 1.65. The number of carboxylic acids is 1. The van der Waals surface area contributed by atoms with Crippen molar-refractivity contribution in [2.45, 2.75) is 52.1 Å². The number of rotatable bonds is 8. The fourth-order valence-corrected chi connectivity index (χ4v) is 1.65. The van der Waals surface area contributed by atoms with Crippen molar-refractivity contribution in [3.05, 3.63) is 18.7 Å². The first-order valence-electron chi connectivity index (χ1n) is 5.99. The van der Waals surface area contributed by atoms with Crippen molar-refractivity contribution in [2.24, 2.45) is 0 Å². The van der Waals surface area contributed by atoms with Gasteiger partial charge in [-0.25, -0.2) is 9.13 Å². The van der Waals surface area contributed by atoms with Gasteiger partial charge in [-0.15, -0.1) is 0 Å². The fraction of sp³-hybridized carbons (Fsp3) is 0.667. The molecule has 0 aromatic carbocycles. The van der Waals surface area contributed by atoms with E-state index >= 15 is 0 Å². The smallest absolute Gasteiger partial charge is 0.307 e. The summed E-state index contributed by atoms with van der Waals surface area (Å²) >= 11 is 0. The molecule has 0 aliphatic heterocycles. The molecule has 0 amide bonds. The lowest BCUT2D eigenvalue weighted by Gasteiger charge is -1.96. The lowest BCUT2D eigenvalue weighted by Crippen LogP contribution is -2.30. The molecule has 0 radical (unpaired) electrons. The Bertz CT molecular complexity index is 321. The lowest BCUT2D eigenvalue weighted by atomic mass is 10.2. The highest BCUT2D eigenvalue weighted by atomic mass is 16.4. The van der Waals surface area contributed by atoms with Crippen LogP contribution in [0.15, 0.2) is 18.7 Å². The number of hydrogen-bond donors (Lipinski definition) is 1. The molecule has 0 saturated carbocycles. The van der Waals surface area contributed by atoms with Gasteiger partial charge in [-0.05, 0) is 12.8 Å². The second-order valence-electron chi connectivity index (χ2n) is 4.09. The van der Waals surface area contributed by atoms with Crippen molar-refractivity contribution in [3.8, 4) is 0 Å². The Morgan fingerprint density at radius 2 is 2.19 bits per heavy atom. The molecule has 1 aromatic heterocycles. The molecule has 1 aromatic rings. The minimum Gasteiger partial charge on any atom is -0.481 e. The third-order valence-corrected chi connectivity index (χ3v) is 2.60. The summed E-state index contributed by atoms with van der Waals surface area (Å²) in [6.45, 7) is 3.78. The SMILES string of the molecule is CCCCCC[n+]1ccn(CCC(=O)O)c1. The summed E-state index contributed by atoms with van der Waals surface area (Å²) in [7, 11) is 0. The van der Waals surface area contributed by atoms with Crippen LogP contribution in [-0.2, 0) is 17.9 Å². The van der Waals surface area contributed by atoms with Crippen LogP contribution in [0.1, 0.15) is 39.0 Å². The van der Waals surface area contributed by atoms with Gasteiger partial charge < -0.3 is 5.11 Å². The molecule has 0 bridgehead atoms. The van der Waals surface area contributed by atoms with E-state index in [0.29, 0.717) is 6.54 Å². The summed E-state index contributed by atoms with van der Waals surface area (Å²) in [5.74, 6) is -0.747. The van der Waals surface area contributed by atoms with E-state index in [2.05, 4.69) is 11.5 Å². The molecule has 1 N–H and O–H groups in total. The van der Waals surface area contributed by atoms with E-state index in [9.17, 15) is 4.79 Å². The Hall–Kier alpha value is -1.32. The summed E-state index contributed by atoms with van der Waals surface area (Å²) in [6.07, 6.45) is 11.1. The van der Waals surface area contributed by atoms with Crippen molar-refractivity contribution in [1.82, 2.24) is 4.57 Å². The molecule has 4 heteroatoms. The van der Waals surface area contributed by atoms with Crippen molar-refractivity contribution in [1.29, 1.82) is 0 Å². The van der Waals surface area contributed by atoms with Crippen LogP contribution in [0.4, 0.5) is 0 Å². The Morgan fingerprint density at radius 1 is 1.38 bits per heavy atom. The molecule has 0 saturated heterocycles. The number of aliphatic carboxylic acids is 1. The molecule has 0 spiro atoms. The van der Waals surface area contributed by atoms with E-state index in [1.165, 1.54) is 25.7 Å². The summed E-state index contributed by atoms with van der Waals surface area (Å²) < 4.78 is 4.05. The Labute approximate surface area is 96.5 Å². The monoisotopic (exact) mass is 225 g/mol. The van der Waals surface area contributed by atoms with Crippen LogP contribution >= 0.6 is 0 Å². The average molecular weight is 225 g/mol. The first kappa shape index (κ1) is 12.7. The van der Waals surface area contributed by atoms with E-state index in [1.807, 2.05) is 23.3 Å². The Kier molecular flexibility index (Phi) is 5.61. The number of aryl methyl sites for hydroxylation is 2. The molecule has 0 atom stereocenters. The molecule has 0 unspecified atom stereocenters. The van der Waals surface area contributed by atoms with E-state index in [0.717, 1.165) is 6.54 Å². The van der Waals surface area contributed by atoms with E-state index in [-0.39, 0.29) is 6.42 Å². The molecule has 90 valence electrons. The normalized spacial score (nSPS) is 10.6. The lowest BCUT2D eigenvalue weighted by molar-refractivity contribution is -0.696. The molecule has 16 heavy (non-hydrogen) atoms. The van der Waals surface area contributed by atoms with Crippen LogP contribution in [0.25, 0.3) is 0 Å². The predicted octanol–water partition coefficient (Wildman–Crippen LogP) is 1.83. The van der Waals surface area contributed by atoms with Crippen molar-refractivity contribution in [3.63, 3.8) is 0 Å². The molecule has 1 heterocycles. The third-order valence-electron chi connectivity index (χ3n) is 2.60. The summed E-state index contributed by atoms with van der Waals surface area (Å²) in [4.78, 5) is 10.4. The zero-order valence-corrected chi connectivity index (χ0v) is 9.93. The number of carbonyl (C=O) groups is 1. The van der Waals surface area contributed by atoms with Crippen molar-refractivity contribution < 1.29 is 14.5 Å². The van der Waals surface area contributed by atoms with Crippen LogP contribution < -0.4 is 4.57 Å². The van der Waals surface area contributed by atoms with Crippen molar-refractivity contribution >= 4 is 5.97 Å². The quantitative estimate of drug-likeness (QED) is 0.542. The maximum atomic E-state index is 10.4. The standard InChI is InChI=1S/C12H20N2O2/c1-2-3-4-5-7-13-9-10-14(11-13)8-6-12(15)16/h9-11H,2-8H2,1H3/p+1. The average Bonchev–Trinajstić information content (AvgIpc) is 2.70. The molecule has 0 fully saturated rings. The van der Waals surface area contributed by atoms with Gasteiger partial charge in [0.05, 0.1) is 13.0 Å².